The fraction of sp³-hybridized carbons (Fsp3) is 0.667. The van der Waals surface area contributed by atoms with E-state index in [1.54, 1.807) is 0 Å². The Morgan fingerprint density at radius 3 is 2.88 bits per heavy atom. The van der Waals surface area contributed by atoms with E-state index in [1.807, 2.05) is 6.08 Å². The largest absolute Gasteiger partial charge is 0.310 e. The molecule has 0 fully saturated rings. The van der Waals surface area contributed by atoms with Gasteiger partial charge in [0.1, 0.15) is 0 Å². The number of hydrogen-bond donors (Lipinski definition) is 2. The first-order valence-corrected chi connectivity index (χ1v) is 3.41. The lowest BCUT2D eigenvalue weighted by molar-refractivity contribution is 0.666. The molecule has 0 bridgehead atoms. The van der Waals surface area contributed by atoms with E-state index in [0.717, 1.165) is 12.3 Å². The Balaban J connectivity index is 2.98. The zero-order chi connectivity index (χ0) is 6.41. The monoisotopic (exact) mass is 131 g/mol. The van der Waals surface area contributed by atoms with E-state index < -0.39 is 0 Å². The molecule has 0 heterocycles. The van der Waals surface area contributed by atoms with Gasteiger partial charge in [0.2, 0.25) is 0 Å². The van der Waals surface area contributed by atoms with Gasteiger partial charge in [-0.2, -0.15) is 12.6 Å². The van der Waals surface area contributed by atoms with Crippen molar-refractivity contribution in [1.82, 2.24) is 5.32 Å². The molecule has 0 aliphatic carbocycles. The summed E-state index contributed by atoms with van der Waals surface area (Å²) in [6, 6.07) is 0.419. The molecule has 0 aromatic carbocycles. The van der Waals surface area contributed by atoms with Gasteiger partial charge >= 0.3 is 0 Å². The van der Waals surface area contributed by atoms with Crippen LogP contribution in [0, 0.1) is 0 Å². The normalized spacial score (nSPS) is 13.2. The van der Waals surface area contributed by atoms with Crippen LogP contribution in [-0.2, 0) is 0 Å². The topological polar surface area (TPSA) is 12.0 Å². The molecule has 1 nitrogen and oxygen atoms in total. The smallest absolute Gasteiger partial charge is 0.0219 e. The molecule has 48 valence electrons. The maximum atomic E-state index is 4.04. The lowest BCUT2D eigenvalue weighted by atomic mass is 10.3. The molecule has 0 aromatic rings. The van der Waals surface area contributed by atoms with Gasteiger partial charge in [0.05, 0.1) is 0 Å². The molecule has 0 radical (unpaired) electrons. The summed E-state index contributed by atoms with van der Waals surface area (Å²) >= 11 is 4.04. The molecule has 0 saturated heterocycles. The summed E-state index contributed by atoms with van der Waals surface area (Å²) < 4.78 is 0. The Hall–Kier alpha value is 0.0500. The Kier molecular flexibility index (Phi) is 5.22. The minimum absolute atomic E-state index is 0.419. The SMILES string of the molecule is C=CC(C)NCCS. The van der Waals surface area contributed by atoms with Crippen LogP contribution in [0.4, 0.5) is 0 Å². The lowest BCUT2D eigenvalue weighted by Crippen LogP contribution is -2.25. The van der Waals surface area contributed by atoms with Crippen molar-refractivity contribution in [1.29, 1.82) is 0 Å². The van der Waals surface area contributed by atoms with Crippen LogP contribution in [0.15, 0.2) is 12.7 Å². The Labute approximate surface area is 56.6 Å². The van der Waals surface area contributed by atoms with Crippen LogP contribution in [0.25, 0.3) is 0 Å². The van der Waals surface area contributed by atoms with Gasteiger partial charge in [0.25, 0.3) is 0 Å². The average molecular weight is 131 g/mol. The van der Waals surface area contributed by atoms with Crippen LogP contribution >= 0.6 is 12.6 Å². The van der Waals surface area contributed by atoms with Crippen molar-refractivity contribution in [2.45, 2.75) is 13.0 Å². The first kappa shape index (κ1) is 8.05. The van der Waals surface area contributed by atoms with Crippen LogP contribution in [0.5, 0.6) is 0 Å². The van der Waals surface area contributed by atoms with Gasteiger partial charge in [0.15, 0.2) is 0 Å². The van der Waals surface area contributed by atoms with Gasteiger partial charge < -0.3 is 5.32 Å². The molecule has 0 aromatic heterocycles. The van der Waals surface area contributed by atoms with Crippen LogP contribution < -0.4 is 5.32 Å². The Morgan fingerprint density at radius 2 is 2.50 bits per heavy atom. The third-order valence-corrected chi connectivity index (χ3v) is 1.16. The van der Waals surface area contributed by atoms with Crippen LogP contribution in [0.2, 0.25) is 0 Å². The molecular formula is C6H13NS. The van der Waals surface area contributed by atoms with E-state index in [2.05, 4.69) is 31.4 Å². The third kappa shape index (κ3) is 4.22. The number of nitrogens with one attached hydrogen (secondary N) is 1. The second-order valence-electron chi connectivity index (χ2n) is 1.70. The molecular weight excluding hydrogens is 118 g/mol. The molecule has 0 aliphatic rings. The van der Waals surface area contributed by atoms with Crippen molar-refractivity contribution >= 4 is 12.6 Å². The van der Waals surface area contributed by atoms with Crippen molar-refractivity contribution in [2.75, 3.05) is 12.3 Å². The van der Waals surface area contributed by atoms with Crippen molar-refractivity contribution < 1.29 is 0 Å². The molecule has 1 N–H and O–H groups in total. The zero-order valence-corrected chi connectivity index (χ0v) is 6.12. The number of thiol groups is 1. The molecule has 2 heteroatoms. The summed E-state index contributed by atoms with van der Waals surface area (Å²) in [5.41, 5.74) is 0. The summed E-state index contributed by atoms with van der Waals surface area (Å²) in [4.78, 5) is 0. The quantitative estimate of drug-likeness (QED) is 0.430. The zero-order valence-electron chi connectivity index (χ0n) is 5.22. The van der Waals surface area contributed by atoms with Crippen molar-refractivity contribution in [3.63, 3.8) is 0 Å². The summed E-state index contributed by atoms with van der Waals surface area (Å²) in [5.74, 6) is 0.887. The summed E-state index contributed by atoms with van der Waals surface area (Å²) in [6.07, 6.45) is 1.88. The van der Waals surface area contributed by atoms with Gasteiger partial charge in [-0.15, -0.1) is 6.58 Å². The van der Waals surface area contributed by atoms with Gasteiger partial charge in [-0.3, -0.25) is 0 Å². The van der Waals surface area contributed by atoms with Gasteiger partial charge in [-0.1, -0.05) is 6.08 Å². The maximum absolute atomic E-state index is 4.04. The molecule has 0 rings (SSSR count). The molecule has 0 amide bonds. The van der Waals surface area contributed by atoms with Crippen LogP contribution in [0.1, 0.15) is 6.92 Å². The maximum Gasteiger partial charge on any atom is 0.0219 e. The first-order valence-electron chi connectivity index (χ1n) is 2.78. The van der Waals surface area contributed by atoms with E-state index in [9.17, 15) is 0 Å². The molecule has 1 unspecified atom stereocenters. The minimum Gasteiger partial charge on any atom is -0.310 e. The standard InChI is InChI=1S/C6H13NS/c1-3-6(2)7-4-5-8/h3,6-8H,1,4-5H2,2H3. The molecule has 8 heavy (non-hydrogen) atoms. The molecule has 0 spiro atoms. The Morgan fingerprint density at radius 1 is 1.88 bits per heavy atom. The van der Waals surface area contributed by atoms with E-state index in [-0.39, 0.29) is 0 Å². The van der Waals surface area contributed by atoms with E-state index >= 15 is 0 Å². The summed E-state index contributed by atoms with van der Waals surface area (Å²) in [6.45, 7) is 6.65. The van der Waals surface area contributed by atoms with Crippen molar-refractivity contribution in [3.05, 3.63) is 12.7 Å². The van der Waals surface area contributed by atoms with Crippen LogP contribution in [0.3, 0.4) is 0 Å². The average Bonchev–Trinajstić information content (AvgIpc) is 1.83. The van der Waals surface area contributed by atoms with Gasteiger partial charge in [-0.05, 0) is 6.92 Å². The first-order chi connectivity index (χ1) is 3.81. The number of hydrogen-bond acceptors (Lipinski definition) is 2. The molecule has 1 atom stereocenters. The van der Waals surface area contributed by atoms with E-state index in [1.165, 1.54) is 0 Å². The van der Waals surface area contributed by atoms with Crippen molar-refractivity contribution in [3.8, 4) is 0 Å². The highest BCUT2D eigenvalue weighted by atomic mass is 32.1. The molecule has 0 aliphatic heterocycles. The fourth-order valence-corrected chi connectivity index (χ4v) is 0.505. The second-order valence-corrected chi connectivity index (χ2v) is 2.15. The van der Waals surface area contributed by atoms with Gasteiger partial charge in [-0.25, -0.2) is 0 Å². The summed E-state index contributed by atoms with van der Waals surface area (Å²) in [5, 5.41) is 3.19. The second kappa shape index (κ2) is 5.19. The van der Waals surface area contributed by atoms with E-state index in [4.69, 9.17) is 0 Å². The minimum atomic E-state index is 0.419. The predicted molar refractivity (Wildman–Crippen MR) is 41.5 cm³/mol. The van der Waals surface area contributed by atoms with Gasteiger partial charge in [0, 0.05) is 18.3 Å². The highest BCUT2D eigenvalue weighted by Crippen LogP contribution is 1.79. The fourth-order valence-electron chi connectivity index (χ4n) is 0.376. The van der Waals surface area contributed by atoms with Crippen LogP contribution in [-0.4, -0.2) is 18.3 Å². The molecule has 0 saturated carbocycles. The van der Waals surface area contributed by atoms with Crippen molar-refractivity contribution in [2.24, 2.45) is 0 Å². The third-order valence-electron chi connectivity index (χ3n) is 0.932. The Bertz CT molecular complexity index is 63.5. The lowest BCUT2D eigenvalue weighted by Gasteiger charge is -2.04. The van der Waals surface area contributed by atoms with E-state index in [0.29, 0.717) is 6.04 Å². The number of rotatable bonds is 4. The summed E-state index contributed by atoms with van der Waals surface area (Å²) in [7, 11) is 0. The highest BCUT2D eigenvalue weighted by molar-refractivity contribution is 7.80. The highest BCUT2D eigenvalue weighted by Gasteiger charge is 1.88. The predicted octanol–water partition coefficient (Wildman–Crippen LogP) is 1.08.